The van der Waals surface area contributed by atoms with E-state index < -0.39 is 0 Å². The molecule has 2 N–H and O–H groups in total. The van der Waals surface area contributed by atoms with Crippen molar-refractivity contribution in [1.82, 2.24) is 14.7 Å². The Balaban J connectivity index is 1.77. The van der Waals surface area contributed by atoms with Crippen LogP contribution in [0.3, 0.4) is 0 Å². The molecule has 0 unspecified atom stereocenters. The van der Waals surface area contributed by atoms with Crippen LogP contribution in [0.15, 0.2) is 24.3 Å². The summed E-state index contributed by atoms with van der Waals surface area (Å²) in [7, 11) is 2.00. The minimum Gasteiger partial charge on any atom is -0.323 e. The SMILES string of the molecule is CC(C)C1(N)CN(Cc2nn(C)c3ccccc23)C1. The van der Waals surface area contributed by atoms with Gasteiger partial charge in [0.15, 0.2) is 0 Å². The molecule has 0 spiro atoms. The van der Waals surface area contributed by atoms with Crippen LogP contribution in [-0.4, -0.2) is 33.3 Å². The summed E-state index contributed by atoms with van der Waals surface area (Å²) in [4.78, 5) is 2.38. The van der Waals surface area contributed by atoms with E-state index >= 15 is 0 Å². The van der Waals surface area contributed by atoms with Gasteiger partial charge in [0.1, 0.15) is 0 Å². The van der Waals surface area contributed by atoms with Gasteiger partial charge in [-0.1, -0.05) is 32.0 Å². The molecule has 0 amide bonds. The van der Waals surface area contributed by atoms with E-state index in [1.165, 1.54) is 10.9 Å². The summed E-state index contributed by atoms with van der Waals surface area (Å²) in [5, 5.41) is 5.89. The van der Waals surface area contributed by atoms with Gasteiger partial charge in [-0.15, -0.1) is 0 Å². The molecule has 2 aromatic rings. The standard InChI is InChI=1S/C15H22N4/c1-11(2)15(16)9-19(10-15)8-13-12-6-4-5-7-14(12)18(3)17-13/h4-7,11H,8-10,16H2,1-3H3. The number of aryl methyl sites for hydroxylation is 1. The van der Waals surface area contributed by atoms with Crippen molar-refractivity contribution >= 4 is 10.9 Å². The summed E-state index contributed by atoms with van der Waals surface area (Å²) >= 11 is 0. The third kappa shape index (κ3) is 2.05. The Morgan fingerprint density at radius 3 is 2.68 bits per heavy atom. The van der Waals surface area contributed by atoms with Crippen LogP contribution in [0.25, 0.3) is 10.9 Å². The van der Waals surface area contributed by atoms with Gasteiger partial charge in [-0.05, 0) is 12.0 Å². The first kappa shape index (κ1) is 12.6. The molecule has 4 nitrogen and oxygen atoms in total. The quantitative estimate of drug-likeness (QED) is 0.912. The number of rotatable bonds is 3. The fraction of sp³-hybridized carbons (Fsp3) is 0.533. The highest BCUT2D eigenvalue weighted by Crippen LogP contribution is 2.28. The first-order chi connectivity index (χ1) is 8.99. The van der Waals surface area contributed by atoms with E-state index in [0.717, 1.165) is 25.3 Å². The first-order valence-corrected chi connectivity index (χ1v) is 6.91. The largest absolute Gasteiger partial charge is 0.323 e. The van der Waals surface area contributed by atoms with Gasteiger partial charge in [-0.3, -0.25) is 9.58 Å². The Morgan fingerprint density at radius 1 is 1.32 bits per heavy atom. The molecule has 4 heteroatoms. The molecule has 1 fully saturated rings. The number of hydrogen-bond donors (Lipinski definition) is 1. The van der Waals surface area contributed by atoms with Gasteiger partial charge in [0.2, 0.25) is 0 Å². The lowest BCUT2D eigenvalue weighted by atomic mass is 9.80. The molecule has 3 rings (SSSR count). The zero-order valence-electron chi connectivity index (χ0n) is 11.9. The molecule has 0 saturated carbocycles. The Kier molecular flexibility index (Phi) is 2.87. The Bertz CT molecular complexity index is 593. The van der Waals surface area contributed by atoms with E-state index in [0.29, 0.717) is 5.92 Å². The molecular formula is C15H22N4. The zero-order valence-corrected chi connectivity index (χ0v) is 11.9. The van der Waals surface area contributed by atoms with Crippen LogP contribution < -0.4 is 5.73 Å². The number of benzene rings is 1. The summed E-state index contributed by atoms with van der Waals surface area (Å²) in [6, 6.07) is 8.39. The topological polar surface area (TPSA) is 47.1 Å². The number of aromatic nitrogens is 2. The molecule has 19 heavy (non-hydrogen) atoms. The van der Waals surface area contributed by atoms with Gasteiger partial charge in [-0.25, -0.2) is 0 Å². The van der Waals surface area contributed by atoms with E-state index in [2.05, 4.69) is 48.1 Å². The molecule has 1 aliphatic heterocycles. The second kappa shape index (κ2) is 4.32. The smallest absolute Gasteiger partial charge is 0.0843 e. The number of fused-ring (bicyclic) bond motifs is 1. The lowest BCUT2D eigenvalue weighted by molar-refractivity contribution is 0.0306. The summed E-state index contributed by atoms with van der Waals surface area (Å²) in [5.41, 5.74) is 8.68. The fourth-order valence-electron chi connectivity index (χ4n) is 2.88. The second-order valence-corrected chi connectivity index (χ2v) is 6.12. The maximum absolute atomic E-state index is 6.34. The molecule has 2 heterocycles. The summed E-state index contributed by atoms with van der Waals surface area (Å²) in [6.45, 7) is 7.24. The van der Waals surface area contributed by atoms with Crippen molar-refractivity contribution in [3.63, 3.8) is 0 Å². The van der Waals surface area contributed by atoms with Gasteiger partial charge in [0, 0.05) is 37.6 Å². The monoisotopic (exact) mass is 258 g/mol. The van der Waals surface area contributed by atoms with Crippen molar-refractivity contribution in [2.75, 3.05) is 13.1 Å². The van der Waals surface area contributed by atoms with Crippen LogP contribution >= 0.6 is 0 Å². The van der Waals surface area contributed by atoms with E-state index in [9.17, 15) is 0 Å². The van der Waals surface area contributed by atoms with Crippen LogP contribution in [-0.2, 0) is 13.6 Å². The highest BCUT2D eigenvalue weighted by molar-refractivity contribution is 5.81. The van der Waals surface area contributed by atoms with Crippen molar-refractivity contribution in [1.29, 1.82) is 0 Å². The molecule has 1 saturated heterocycles. The van der Waals surface area contributed by atoms with E-state index in [4.69, 9.17) is 5.73 Å². The van der Waals surface area contributed by atoms with Crippen LogP contribution in [0.1, 0.15) is 19.5 Å². The highest BCUT2D eigenvalue weighted by atomic mass is 15.3. The minimum absolute atomic E-state index is 0.00934. The first-order valence-electron chi connectivity index (χ1n) is 6.91. The normalized spacial score (nSPS) is 19.0. The minimum atomic E-state index is -0.00934. The van der Waals surface area contributed by atoms with Crippen molar-refractivity contribution < 1.29 is 0 Å². The number of hydrogen-bond acceptors (Lipinski definition) is 3. The van der Waals surface area contributed by atoms with Gasteiger partial charge < -0.3 is 5.73 Å². The molecule has 0 atom stereocenters. The van der Waals surface area contributed by atoms with E-state index in [-0.39, 0.29) is 5.54 Å². The predicted molar refractivity (Wildman–Crippen MR) is 77.7 cm³/mol. The van der Waals surface area contributed by atoms with E-state index in [1.807, 2.05) is 11.7 Å². The maximum Gasteiger partial charge on any atom is 0.0843 e. The van der Waals surface area contributed by atoms with Crippen molar-refractivity contribution in [2.45, 2.75) is 25.9 Å². The van der Waals surface area contributed by atoms with Crippen LogP contribution in [0.4, 0.5) is 0 Å². The molecule has 102 valence electrons. The summed E-state index contributed by atoms with van der Waals surface area (Å²) < 4.78 is 1.96. The van der Waals surface area contributed by atoms with Gasteiger partial charge in [0.25, 0.3) is 0 Å². The second-order valence-electron chi connectivity index (χ2n) is 6.12. The lowest BCUT2D eigenvalue weighted by Gasteiger charge is -2.50. The predicted octanol–water partition coefficient (Wildman–Crippen LogP) is 1.74. The highest BCUT2D eigenvalue weighted by Gasteiger charge is 2.41. The molecular weight excluding hydrogens is 236 g/mol. The van der Waals surface area contributed by atoms with Crippen LogP contribution in [0.2, 0.25) is 0 Å². The lowest BCUT2D eigenvalue weighted by Crippen LogP contribution is -2.69. The van der Waals surface area contributed by atoms with Crippen LogP contribution in [0, 0.1) is 5.92 Å². The summed E-state index contributed by atoms with van der Waals surface area (Å²) in [6.07, 6.45) is 0. The summed E-state index contributed by atoms with van der Waals surface area (Å²) in [5.74, 6) is 0.532. The average molecular weight is 258 g/mol. The van der Waals surface area contributed by atoms with Crippen molar-refractivity contribution in [2.24, 2.45) is 18.7 Å². The molecule has 1 aliphatic rings. The zero-order chi connectivity index (χ0) is 13.6. The van der Waals surface area contributed by atoms with Crippen molar-refractivity contribution in [3.05, 3.63) is 30.0 Å². The maximum atomic E-state index is 6.34. The van der Waals surface area contributed by atoms with E-state index in [1.54, 1.807) is 0 Å². The van der Waals surface area contributed by atoms with Gasteiger partial charge in [-0.2, -0.15) is 5.10 Å². The molecule has 1 aromatic carbocycles. The third-order valence-corrected chi connectivity index (χ3v) is 4.39. The fourth-order valence-corrected chi connectivity index (χ4v) is 2.88. The van der Waals surface area contributed by atoms with Gasteiger partial charge in [0.05, 0.1) is 11.2 Å². The van der Waals surface area contributed by atoms with Crippen molar-refractivity contribution in [3.8, 4) is 0 Å². The average Bonchev–Trinajstić information content (AvgIpc) is 2.65. The number of nitrogens with zero attached hydrogens (tertiary/aromatic N) is 3. The Morgan fingerprint density at radius 2 is 2.00 bits per heavy atom. The molecule has 0 bridgehead atoms. The number of nitrogens with two attached hydrogens (primary N) is 1. The molecule has 0 aliphatic carbocycles. The molecule has 0 radical (unpaired) electrons. The number of para-hydroxylation sites is 1. The Hall–Kier alpha value is -1.39. The Labute approximate surface area is 114 Å². The van der Waals surface area contributed by atoms with Gasteiger partial charge >= 0.3 is 0 Å². The number of likely N-dealkylation sites (tertiary alicyclic amines) is 1. The van der Waals surface area contributed by atoms with Crippen LogP contribution in [0.5, 0.6) is 0 Å². The third-order valence-electron chi connectivity index (χ3n) is 4.39. The molecule has 1 aromatic heterocycles.